The van der Waals surface area contributed by atoms with Crippen molar-refractivity contribution in [3.05, 3.63) is 23.3 Å². The predicted molar refractivity (Wildman–Crippen MR) is 59.3 cm³/mol. The molecule has 0 radical (unpaired) electrons. The highest BCUT2D eigenvalue weighted by molar-refractivity contribution is 5.51. The molecular formula is C12H14N2O2. The molecule has 1 fully saturated rings. The molecular weight excluding hydrogens is 204 g/mol. The van der Waals surface area contributed by atoms with Gasteiger partial charge in [-0.1, -0.05) is 0 Å². The molecule has 1 heterocycles. The fourth-order valence-electron chi connectivity index (χ4n) is 2.14. The molecule has 1 aliphatic rings. The third-order valence-corrected chi connectivity index (χ3v) is 3.04. The van der Waals surface area contributed by atoms with E-state index in [1.54, 1.807) is 6.07 Å². The molecule has 1 aliphatic heterocycles. The molecule has 0 saturated carbocycles. The van der Waals surface area contributed by atoms with E-state index in [0.717, 1.165) is 31.5 Å². The van der Waals surface area contributed by atoms with E-state index in [4.69, 9.17) is 5.26 Å². The molecule has 16 heavy (non-hydrogen) atoms. The number of nitrogens with one attached hydrogen (secondary N) is 1. The number of hydrogen-bond acceptors (Lipinski definition) is 4. The minimum absolute atomic E-state index is 0.0865. The van der Waals surface area contributed by atoms with E-state index in [2.05, 4.69) is 5.32 Å². The summed E-state index contributed by atoms with van der Waals surface area (Å²) in [5, 5.41) is 31.3. The first-order valence-corrected chi connectivity index (χ1v) is 5.39. The van der Waals surface area contributed by atoms with Crippen molar-refractivity contribution in [2.45, 2.75) is 18.8 Å². The van der Waals surface area contributed by atoms with Crippen LogP contribution < -0.4 is 5.32 Å². The van der Waals surface area contributed by atoms with Gasteiger partial charge in [-0.25, -0.2) is 0 Å². The number of phenols is 2. The van der Waals surface area contributed by atoms with E-state index < -0.39 is 0 Å². The molecule has 0 aromatic heterocycles. The van der Waals surface area contributed by atoms with Gasteiger partial charge in [-0.05, 0) is 43.5 Å². The highest BCUT2D eigenvalue weighted by Gasteiger charge is 2.20. The maximum atomic E-state index is 9.77. The molecule has 0 atom stereocenters. The minimum atomic E-state index is -0.155. The van der Waals surface area contributed by atoms with Crippen molar-refractivity contribution in [1.29, 1.82) is 5.26 Å². The lowest BCUT2D eigenvalue weighted by molar-refractivity contribution is 0.416. The van der Waals surface area contributed by atoms with E-state index in [1.165, 1.54) is 6.07 Å². The molecule has 0 bridgehead atoms. The molecule has 1 saturated heterocycles. The van der Waals surface area contributed by atoms with Crippen LogP contribution in [0.4, 0.5) is 0 Å². The van der Waals surface area contributed by atoms with Crippen LogP contribution in [0.25, 0.3) is 0 Å². The largest absolute Gasteiger partial charge is 0.508 e. The average molecular weight is 218 g/mol. The summed E-state index contributed by atoms with van der Waals surface area (Å²) in [5.74, 6) is 0.204. The summed E-state index contributed by atoms with van der Waals surface area (Å²) in [4.78, 5) is 0. The molecule has 1 aromatic rings. The van der Waals surface area contributed by atoms with Gasteiger partial charge in [0.25, 0.3) is 0 Å². The average Bonchev–Trinajstić information content (AvgIpc) is 2.30. The first kappa shape index (κ1) is 10.8. The summed E-state index contributed by atoms with van der Waals surface area (Å²) >= 11 is 0. The van der Waals surface area contributed by atoms with Crippen molar-refractivity contribution < 1.29 is 10.2 Å². The van der Waals surface area contributed by atoms with Gasteiger partial charge in [0.1, 0.15) is 17.6 Å². The monoisotopic (exact) mass is 218 g/mol. The highest BCUT2D eigenvalue weighted by atomic mass is 16.3. The SMILES string of the molecule is N#Cc1cc(C2CCNCC2)c(O)cc1O. The van der Waals surface area contributed by atoms with Crippen molar-refractivity contribution in [2.24, 2.45) is 0 Å². The molecule has 0 aliphatic carbocycles. The van der Waals surface area contributed by atoms with Crippen LogP contribution in [0.5, 0.6) is 11.5 Å². The number of rotatable bonds is 1. The van der Waals surface area contributed by atoms with Crippen molar-refractivity contribution in [3.8, 4) is 17.6 Å². The molecule has 4 nitrogen and oxygen atoms in total. The maximum Gasteiger partial charge on any atom is 0.137 e. The van der Waals surface area contributed by atoms with Crippen molar-refractivity contribution in [2.75, 3.05) is 13.1 Å². The Hall–Kier alpha value is -1.73. The predicted octanol–water partition coefficient (Wildman–Crippen LogP) is 1.44. The van der Waals surface area contributed by atoms with E-state index in [-0.39, 0.29) is 23.0 Å². The number of phenolic OH excluding ortho intramolecular Hbond substituents is 2. The number of hydrogen-bond donors (Lipinski definition) is 3. The summed E-state index contributed by atoms with van der Waals surface area (Å²) in [6.45, 7) is 1.85. The first-order valence-electron chi connectivity index (χ1n) is 5.39. The zero-order chi connectivity index (χ0) is 11.5. The normalized spacial score (nSPS) is 16.9. The Morgan fingerprint density at radius 1 is 1.19 bits per heavy atom. The smallest absolute Gasteiger partial charge is 0.137 e. The van der Waals surface area contributed by atoms with Crippen LogP contribution in [-0.4, -0.2) is 23.3 Å². The number of aromatic hydroxyl groups is 2. The second-order valence-electron chi connectivity index (χ2n) is 4.06. The van der Waals surface area contributed by atoms with Gasteiger partial charge in [-0.3, -0.25) is 0 Å². The Morgan fingerprint density at radius 3 is 2.50 bits per heavy atom. The fraction of sp³-hybridized carbons (Fsp3) is 0.417. The standard InChI is InChI=1S/C12H14N2O2/c13-7-9-5-10(12(16)6-11(9)15)8-1-3-14-4-2-8/h5-6,8,14-16H,1-4H2. The van der Waals surface area contributed by atoms with Gasteiger partial charge < -0.3 is 15.5 Å². The summed E-state index contributed by atoms with van der Waals surface area (Å²) < 4.78 is 0. The summed E-state index contributed by atoms with van der Waals surface area (Å²) in [6.07, 6.45) is 1.90. The Kier molecular flexibility index (Phi) is 2.97. The Balaban J connectivity index is 2.36. The molecule has 84 valence electrons. The minimum Gasteiger partial charge on any atom is -0.508 e. The van der Waals surface area contributed by atoms with Crippen LogP contribution >= 0.6 is 0 Å². The molecule has 1 aromatic carbocycles. The van der Waals surface area contributed by atoms with Crippen LogP contribution in [0.2, 0.25) is 0 Å². The van der Waals surface area contributed by atoms with Gasteiger partial charge in [0.05, 0.1) is 5.56 Å². The van der Waals surface area contributed by atoms with Gasteiger partial charge in [-0.15, -0.1) is 0 Å². The third kappa shape index (κ3) is 1.95. The van der Waals surface area contributed by atoms with Crippen molar-refractivity contribution in [1.82, 2.24) is 5.32 Å². The lowest BCUT2D eigenvalue weighted by Crippen LogP contribution is -2.26. The topological polar surface area (TPSA) is 76.3 Å². The van der Waals surface area contributed by atoms with Gasteiger partial charge in [-0.2, -0.15) is 5.26 Å². The number of nitriles is 1. The number of piperidine rings is 1. The summed E-state index contributed by atoms with van der Waals surface area (Å²) in [6, 6.07) is 4.78. The van der Waals surface area contributed by atoms with Crippen molar-refractivity contribution in [3.63, 3.8) is 0 Å². The number of benzene rings is 1. The van der Waals surface area contributed by atoms with Gasteiger partial charge in [0.2, 0.25) is 0 Å². The summed E-state index contributed by atoms with van der Waals surface area (Å²) in [5.41, 5.74) is 1.00. The quantitative estimate of drug-likeness (QED) is 0.666. The van der Waals surface area contributed by atoms with Crippen LogP contribution in [0.15, 0.2) is 12.1 Å². The van der Waals surface area contributed by atoms with Gasteiger partial charge in [0, 0.05) is 6.07 Å². The van der Waals surface area contributed by atoms with Crippen molar-refractivity contribution >= 4 is 0 Å². The Labute approximate surface area is 94.1 Å². The van der Waals surface area contributed by atoms with Crippen LogP contribution in [-0.2, 0) is 0 Å². The van der Waals surface area contributed by atoms with Crippen LogP contribution in [0.3, 0.4) is 0 Å². The highest BCUT2D eigenvalue weighted by Crippen LogP contribution is 2.35. The van der Waals surface area contributed by atoms with E-state index >= 15 is 0 Å². The molecule has 2 rings (SSSR count). The molecule has 0 unspecified atom stereocenters. The first-order chi connectivity index (χ1) is 7.72. The number of nitrogens with zero attached hydrogens (tertiary/aromatic N) is 1. The summed E-state index contributed by atoms with van der Waals surface area (Å²) in [7, 11) is 0. The maximum absolute atomic E-state index is 9.77. The van der Waals surface area contributed by atoms with Gasteiger partial charge >= 0.3 is 0 Å². The molecule has 3 N–H and O–H groups in total. The molecule has 4 heteroatoms. The van der Waals surface area contributed by atoms with E-state index in [9.17, 15) is 10.2 Å². The Bertz CT molecular complexity index is 431. The second-order valence-corrected chi connectivity index (χ2v) is 4.06. The van der Waals surface area contributed by atoms with Crippen LogP contribution in [0, 0.1) is 11.3 Å². The molecule has 0 amide bonds. The second kappa shape index (κ2) is 4.42. The lowest BCUT2D eigenvalue weighted by Gasteiger charge is -2.23. The van der Waals surface area contributed by atoms with Crippen LogP contribution in [0.1, 0.15) is 29.9 Å². The zero-order valence-corrected chi connectivity index (χ0v) is 8.90. The van der Waals surface area contributed by atoms with E-state index in [1.807, 2.05) is 6.07 Å². The van der Waals surface area contributed by atoms with Gasteiger partial charge in [0.15, 0.2) is 0 Å². The third-order valence-electron chi connectivity index (χ3n) is 3.04. The zero-order valence-electron chi connectivity index (χ0n) is 8.90. The molecule has 0 spiro atoms. The fourth-order valence-corrected chi connectivity index (χ4v) is 2.14. The Morgan fingerprint density at radius 2 is 1.88 bits per heavy atom. The van der Waals surface area contributed by atoms with E-state index in [0.29, 0.717) is 0 Å². The lowest BCUT2D eigenvalue weighted by atomic mass is 9.88.